The second-order valence-electron chi connectivity index (χ2n) is 9.14. The Bertz CT molecular complexity index is 1470. The molecule has 8 nitrogen and oxygen atoms in total. The molecule has 2 aromatic heterocycles. The fourth-order valence-corrected chi connectivity index (χ4v) is 5.10. The molecule has 0 radical (unpaired) electrons. The first-order valence-electron chi connectivity index (χ1n) is 12.3. The molecular formula is C29H27N5O3S. The lowest BCUT2D eigenvalue weighted by Gasteiger charge is -2.29. The highest BCUT2D eigenvalue weighted by Gasteiger charge is 2.41. The van der Waals surface area contributed by atoms with E-state index in [2.05, 4.69) is 15.6 Å². The zero-order valence-electron chi connectivity index (χ0n) is 20.7. The number of anilines is 1. The van der Waals surface area contributed by atoms with Crippen molar-refractivity contribution < 1.29 is 14.7 Å². The Morgan fingerprint density at radius 2 is 1.87 bits per heavy atom. The van der Waals surface area contributed by atoms with Crippen LogP contribution in [-0.4, -0.2) is 43.1 Å². The van der Waals surface area contributed by atoms with Crippen molar-refractivity contribution >= 4 is 34.9 Å². The van der Waals surface area contributed by atoms with E-state index in [-0.39, 0.29) is 30.0 Å². The molecule has 0 aliphatic carbocycles. The third-order valence-corrected chi connectivity index (χ3v) is 6.91. The molecule has 2 atom stereocenters. The summed E-state index contributed by atoms with van der Waals surface area (Å²) in [6.45, 7) is 2.39. The van der Waals surface area contributed by atoms with Crippen molar-refractivity contribution in [3.63, 3.8) is 0 Å². The zero-order chi connectivity index (χ0) is 26.6. The van der Waals surface area contributed by atoms with Gasteiger partial charge in [-0.1, -0.05) is 18.2 Å². The van der Waals surface area contributed by atoms with Crippen LogP contribution < -0.4 is 10.6 Å². The maximum atomic E-state index is 12.8. The summed E-state index contributed by atoms with van der Waals surface area (Å²) in [6.07, 6.45) is 3.93. The van der Waals surface area contributed by atoms with Crippen molar-refractivity contribution in [2.45, 2.75) is 25.4 Å². The number of aryl methyl sites for hydroxylation is 1. The summed E-state index contributed by atoms with van der Waals surface area (Å²) in [4.78, 5) is 30.8. The summed E-state index contributed by atoms with van der Waals surface area (Å²) < 4.78 is 2.02. The van der Waals surface area contributed by atoms with Crippen LogP contribution in [0.3, 0.4) is 0 Å². The number of carboxylic acids is 1. The van der Waals surface area contributed by atoms with Gasteiger partial charge in [-0.25, -0.2) is 4.79 Å². The third kappa shape index (κ3) is 5.28. The Morgan fingerprint density at radius 1 is 1.05 bits per heavy atom. The number of pyridine rings is 1. The molecule has 1 fully saturated rings. The minimum Gasteiger partial charge on any atom is -0.478 e. The molecule has 0 unspecified atom stereocenters. The number of benzene rings is 2. The van der Waals surface area contributed by atoms with Crippen molar-refractivity contribution in [2.24, 2.45) is 0 Å². The third-order valence-electron chi connectivity index (χ3n) is 6.56. The fraction of sp³-hybridized carbons (Fsp3) is 0.172. The second kappa shape index (κ2) is 10.9. The van der Waals surface area contributed by atoms with E-state index in [1.54, 1.807) is 30.5 Å². The van der Waals surface area contributed by atoms with Gasteiger partial charge in [-0.3, -0.25) is 9.78 Å². The molecule has 1 aliphatic rings. The van der Waals surface area contributed by atoms with Crippen LogP contribution in [0.1, 0.15) is 45.8 Å². The molecule has 1 aliphatic heterocycles. The summed E-state index contributed by atoms with van der Waals surface area (Å²) in [5, 5.41) is 16.2. The van der Waals surface area contributed by atoms with Gasteiger partial charge in [-0.2, -0.15) is 0 Å². The van der Waals surface area contributed by atoms with Crippen molar-refractivity contribution in [1.82, 2.24) is 19.8 Å². The molecule has 38 heavy (non-hydrogen) atoms. The molecule has 0 saturated carbocycles. The molecule has 1 amide bonds. The highest BCUT2D eigenvalue weighted by molar-refractivity contribution is 7.80. The first-order chi connectivity index (χ1) is 18.4. The topological polar surface area (TPSA) is 99.5 Å². The first kappa shape index (κ1) is 25.2. The molecule has 192 valence electrons. The number of thiocarbonyl (C=S) groups is 1. The van der Waals surface area contributed by atoms with Gasteiger partial charge in [0.05, 0.1) is 23.3 Å². The fourth-order valence-electron chi connectivity index (χ4n) is 4.77. The molecule has 3 N–H and O–H groups in total. The van der Waals surface area contributed by atoms with Gasteiger partial charge in [-0.15, -0.1) is 0 Å². The Balaban J connectivity index is 1.44. The monoisotopic (exact) mass is 525 g/mol. The Morgan fingerprint density at radius 3 is 2.58 bits per heavy atom. The highest BCUT2D eigenvalue weighted by atomic mass is 32.1. The number of hydrogen-bond acceptors (Lipinski definition) is 4. The Labute approximate surface area is 225 Å². The number of aromatic nitrogens is 2. The van der Waals surface area contributed by atoms with Crippen molar-refractivity contribution in [3.8, 4) is 5.69 Å². The SMILES string of the molecule is Cc1cccc(NC(=O)CCN2C(=S)N[C@H](c3ccccn3)[C@@H]2c2cccn2-c2ccc(C(=O)O)cc2)c1. The van der Waals surface area contributed by atoms with Gasteiger partial charge in [-0.05, 0) is 85.4 Å². The lowest BCUT2D eigenvalue weighted by atomic mass is 10.0. The van der Waals surface area contributed by atoms with E-state index >= 15 is 0 Å². The molecule has 0 bridgehead atoms. The van der Waals surface area contributed by atoms with Gasteiger partial charge in [0.2, 0.25) is 5.91 Å². The molecule has 2 aromatic carbocycles. The lowest BCUT2D eigenvalue weighted by Crippen LogP contribution is -2.33. The van der Waals surface area contributed by atoms with Crippen LogP contribution in [0, 0.1) is 6.92 Å². The van der Waals surface area contributed by atoms with Crippen LogP contribution in [-0.2, 0) is 4.79 Å². The lowest BCUT2D eigenvalue weighted by molar-refractivity contribution is -0.116. The van der Waals surface area contributed by atoms with Crippen LogP contribution in [0.5, 0.6) is 0 Å². The van der Waals surface area contributed by atoms with E-state index in [9.17, 15) is 14.7 Å². The van der Waals surface area contributed by atoms with Gasteiger partial charge >= 0.3 is 5.97 Å². The van der Waals surface area contributed by atoms with Crippen LogP contribution >= 0.6 is 12.2 Å². The predicted octanol–water partition coefficient (Wildman–Crippen LogP) is 4.88. The van der Waals surface area contributed by atoms with Gasteiger partial charge in [0.1, 0.15) is 0 Å². The number of aromatic carboxylic acids is 1. The van der Waals surface area contributed by atoms with E-state index in [1.165, 1.54) is 0 Å². The Hall–Kier alpha value is -4.50. The number of hydrogen-bond donors (Lipinski definition) is 3. The maximum Gasteiger partial charge on any atom is 0.335 e. The van der Waals surface area contributed by atoms with Gasteiger partial charge in [0, 0.05) is 42.4 Å². The van der Waals surface area contributed by atoms with E-state index < -0.39 is 5.97 Å². The summed E-state index contributed by atoms with van der Waals surface area (Å²) in [6, 6.07) is 23.7. The smallest absolute Gasteiger partial charge is 0.335 e. The number of nitrogens with one attached hydrogen (secondary N) is 2. The molecular weight excluding hydrogens is 498 g/mol. The predicted molar refractivity (Wildman–Crippen MR) is 149 cm³/mol. The quantitative estimate of drug-likeness (QED) is 0.282. The largest absolute Gasteiger partial charge is 0.478 e. The van der Waals surface area contributed by atoms with Crippen molar-refractivity contribution in [1.29, 1.82) is 0 Å². The van der Waals surface area contributed by atoms with E-state index in [0.29, 0.717) is 11.7 Å². The second-order valence-corrected chi connectivity index (χ2v) is 9.53. The van der Waals surface area contributed by atoms with Crippen molar-refractivity contribution in [3.05, 3.63) is 114 Å². The van der Waals surface area contributed by atoms with Crippen LogP contribution in [0.25, 0.3) is 5.69 Å². The molecule has 1 saturated heterocycles. The number of nitrogens with zero attached hydrogens (tertiary/aromatic N) is 3. The molecule has 4 aromatic rings. The zero-order valence-corrected chi connectivity index (χ0v) is 21.6. The molecule has 3 heterocycles. The minimum atomic E-state index is -0.972. The standard InChI is InChI=1S/C29H27N5O3S/c1-19-6-4-7-21(18-19)31-25(35)14-17-34-27(26(32-29(34)38)23-8-2-3-15-30-23)24-9-5-16-33(24)22-12-10-20(11-13-22)28(36)37/h2-13,15-16,18,26-27H,14,17H2,1H3,(H,31,35)(H,32,38)(H,36,37)/t26-,27+/m1/s1. The van der Waals surface area contributed by atoms with E-state index in [1.807, 2.05) is 77.2 Å². The average molecular weight is 526 g/mol. The molecule has 5 rings (SSSR count). The minimum absolute atomic E-state index is 0.0990. The summed E-state index contributed by atoms with van der Waals surface area (Å²) in [5.41, 5.74) is 4.65. The average Bonchev–Trinajstić information content (AvgIpc) is 3.52. The summed E-state index contributed by atoms with van der Waals surface area (Å²) in [5.74, 6) is -1.07. The normalized spacial score (nSPS) is 16.8. The summed E-state index contributed by atoms with van der Waals surface area (Å²) >= 11 is 5.75. The van der Waals surface area contributed by atoms with Gasteiger partial charge in [0.25, 0.3) is 0 Å². The maximum absolute atomic E-state index is 12.8. The van der Waals surface area contributed by atoms with Crippen LogP contribution in [0.4, 0.5) is 5.69 Å². The number of amides is 1. The van der Waals surface area contributed by atoms with Gasteiger partial charge in [0.15, 0.2) is 5.11 Å². The number of carboxylic acid groups (broad SMARTS) is 1. The number of rotatable bonds is 8. The number of carbonyl (C=O) groups is 2. The van der Waals surface area contributed by atoms with E-state index in [0.717, 1.165) is 28.3 Å². The van der Waals surface area contributed by atoms with Crippen molar-refractivity contribution in [2.75, 3.05) is 11.9 Å². The van der Waals surface area contributed by atoms with Gasteiger partial charge < -0.3 is 25.2 Å². The Kier molecular flexibility index (Phi) is 7.19. The highest BCUT2D eigenvalue weighted by Crippen LogP contribution is 2.39. The van der Waals surface area contributed by atoms with E-state index in [4.69, 9.17) is 12.2 Å². The van der Waals surface area contributed by atoms with Crippen LogP contribution in [0.2, 0.25) is 0 Å². The molecule has 9 heteroatoms. The molecule has 0 spiro atoms. The first-order valence-corrected chi connectivity index (χ1v) is 12.7. The summed E-state index contributed by atoms with van der Waals surface area (Å²) in [7, 11) is 0. The van der Waals surface area contributed by atoms with Crippen LogP contribution in [0.15, 0.2) is 91.3 Å². The number of carbonyl (C=O) groups excluding carboxylic acids is 1.